The van der Waals surface area contributed by atoms with Crippen molar-refractivity contribution < 1.29 is 19.6 Å². The molecule has 0 radical (unpaired) electrons. The number of carbonyl (C=O) groups excluding carboxylic acids is 1. The summed E-state index contributed by atoms with van der Waals surface area (Å²) in [6.45, 7) is 0.781. The molecule has 126 valence electrons. The molecule has 24 heavy (non-hydrogen) atoms. The van der Waals surface area contributed by atoms with Gasteiger partial charge in [-0.15, -0.1) is 0 Å². The molecule has 0 unspecified atom stereocenters. The van der Waals surface area contributed by atoms with Crippen LogP contribution in [0.1, 0.15) is 10.4 Å². The highest BCUT2D eigenvalue weighted by molar-refractivity contribution is 6.05. The number of hydrogen-bond acceptors (Lipinski definition) is 7. The number of nitrogens with one attached hydrogen (secondary N) is 2. The van der Waals surface area contributed by atoms with Crippen LogP contribution in [0.25, 0.3) is 0 Å². The van der Waals surface area contributed by atoms with Gasteiger partial charge in [0, 0.05) is 31.5 Å². The lowest BCUT2D eigenvalue weighted by Crippen LogP contribution is -2.14. The Hall–Kier alpha value is -3.20. The van der Waals surface area contributed by atoms with E-state index in [1.807, 2.05) is 0 Å². The standard InChI is InChI=1S/C15H16N4O5/c1-24-8-7-16-11-5-4-10(9-12(11)19(22)23)15(21)18-14-13(20)3-2-6-17-14/h2-6,9,16,20H,7-8H2,1H3,(H,17,18,21). The van der Waals surface area contributed by atoms with Gasteiger partial charge in [-0.05, 0) is 24.3 Å². The molecule has 0 aliphatic heterocycles. The summed E-state index contributed by atoms with van der Waals surface area (Å²) >= 11 is 0. The first-order valence-electron chi connectivity index (χ1n) is 6.99. The molecule has 1 heterocycles. The molecule has 2 rings (SSSR count). The number of nitrogens with zero attached hydrogens (tertiary/aromatic N) is 2. The zero-order valence-corrected chi connectivity index (χ0v) is 12.9. The van der Waals surface area contributed by atoms with Crippen LogP contribution in [0.2, 0.25) is 0 Å². The molecular weight excluding hydrogens is 316 g/mol. The van der Waals surface area contributed by atoms with Crippen molar-refractivity contribution in [3.63, 3.8) is 0 Å². The first kappa shape index (κ1) is 17.2. The minimum atomic E-state index is -0.615. The van der Waals surface area contributed by atoms with Gasteiger partial charge in [-0.25, -0.2) is 4.98 Å². The monoisotopic (exact) mass is 332 g/mol. The van der Waals surface area contributed by atoms with Crippen LogP contribution >= 0.6 is 0 Å². The van der Waals surface area contributed by atoms with Crippen LogP contribution in [0.5, 0.6) is 5.75 Å². The van der Waals surface area contributed by atoms with Crippen LogP contribution in [0.15, 0.2) is 36.5 Å². The largest absolute Gasteiger partial charge is 0.504 e. The number of benzene rings is 1. The Morgan fingerprint density at radius 3 is 2.88 bits per heavy atom. The number of amides is 1. The zero-order chi connectivity index (χ0) is 17.5. The number of nitro groups is 1. The van der Waals surface area contributed by atoms with Crippen LogP contribution in [0, 0.1) is 10.1 Å². The minimum absolute atomic E-state index is 0.0209. The number of rotatable bonds is 7. The predicted molar refractivity (Wildman–Crippen MR) is 87.3 cm³/mol. The minimum Gasteiger partial charge on any atom is -0.504 e. The summed E-state index contributed by atoms with van der Waals surface area (Å²) in [4.78, 5) is 26.6. The summed E-state index contributed by atoms with van der Waals surface area (Å²) in [5.74, 6) is -0.832. The second-order valence-electron chi connectivity index (χ2n) is 4.73. The second-order valence-corrected chi connectivity index (χ2v) is 4.73. The number of methoxy groups -OCH3 is 1. The van der Waals surface area contributed by atoms with Crippen molar-refractivity contribution in [1.29, 1.82) is 0 Å². The van der Waals surface area contributed by atoms with E-state index in [2.05, 4.69) is 15.6 Å². The van der Waals surface area contributed by atoms with E-state index in [9.17, 15) is 20.0 Å². The summed E-state index contributed by atoms with van der Waals surface area (Å²) in [6.07, 6.45) is 1.40. The third-order valence-corrected chi connectivity index (χ3v) is 3.10. The number of anilines is 2. The van der Waals surface area contributed by atoms with Gasteiger partial charge in [0.25, 0.3) is 11.6 Å². The summed E-state index contributed by atoms with van der Waals surface area (Å²) in [6, 6.07) is 6.92. The van der Waals surface area contributed by atoms with Crippen LogP contribution < -0.4 is 10.6 Å². The van der Waals surface area contributed by atoms with E-state index in [-0.39, 0.29) is 28.5 Å². The third-order valence-electron chi connectivity index (χ3n) is 3.10. The molecule has 1 amide bonds. The molecule has 0 spiro atoms. The highest BCUT2D eigenvalue weighted by Gasteiger charge is 2.18. The number of aromatic nitrogens is 1. The molecule has 0 atom stereocenters. The van der Waals surface area contributed by atoms with Gasteiger partial charge in [-0.1, -0.05) is 0 Å². The molecule has 9 heteroatoms. The predicted octanol–water partition coefficient (Wildman–Crippen LogP) is 2.01. The Morgan fingerprint density at radius 2 is 2.21 bits per heavy atom. The molecule has 9 nitrogen and oxygen atoms in total. The molecule has 0 aliphatic carbocycles. The Balaban J connectivity index is 2.21. The van der Waals surface area contributed by atoms with Gasteiger partial charge in [-0.3, -0.25) is 14.9 Å². The molecule has 0 bridgehead atoms. The fourth-order valence-electron chi connectivity index (χ4n) is 1.93. The lowest BCUT2D eigenvalue weighted by Gasteiger charge is -2.09. The van der Waals surface area contributed by atoms with Crippen molar-refractivity contribution in [2.45, 2.75) is 0 Å². The van der Waals surface area contributed by atoms with Crippen LogP contribution in [0.4, 0.5) is 17.2 Å². The summed E-state index contributed by atoms with van der Waals surface area (Å²) in [7, 11) is 1.52. The molecule has 2 aromatic rings. The van der Waals surface area contributed by atoms with Gasteiger partial charge in [0.2, 0.25) is 0 Å². The van der Waals surface area contributed by atoms with E-state index in [1.165, 1.54) is 37.6 Å². The first-order valence-corrected chi connectivity index (χ1v) is 6.99. The van der Waals surface area contributed by atoms with Gasteiger partial charge >= 0.3 is 0 Å². The van der Waals surface area contributed by atoms with Crippen molar-refractivity contribution >= 4 is 23.1 Å². The van der Waals surface area contributed by atoms with Gasteiger partial charge in [0.05, 0.1) is 11.5 Å². The highest BCUT2D eigenvalue weighted by atomic mass is 16.6. The number of aromatic hydroxyl groups is 1. The third kappa shape index (κ3) is 4.17. The van der Waals surface area contributed by atoms with E-state index >= 15 is 0 Å². The van der Waals surface area contributed by atoms with Gasteiger partial charge in [0.15, 0.2) is 11.6 Å². The number of ether oxygens (including phenoxy) is 1. The Kier molecular flexibility index (Phi) is 5.63. The molecular formula is C15H16N4O5. The van der Waals surface area contributed by atoms with Crippen molar-refractivity contribution in [1.82, 2.24) is 4.98 Å². The Labute approximate surface area is 137 Å². The lowest BCUT2D eigenvalue weighted by molar-refractivity contribution is -0.384. The van der Waals surface area contributed by atoms with Crippen LogP contribution in [-0.2, 0) is 4.74 Å². The Bertz CT molecular complexity index is 750. The molecule has 1 aromatic heterocycles. The van der Waals surface area contributed by atoms with Gasteiger partial charge < -0.3 is 20.5 Å². The number of nitro benzene ring substituents is 1. The smallest absolute Gasteiger partial charge is 0.293 e. The average molecular weight is 332 g/mol. The number of pyridine rings is 1. The highest BCUT2D eigenvalue weighted by Crippen LogP contribution is 2.26. The molecule has 0 saturated heterocycles. The van der Waals surface area contributed by atoms with Crippen molar-refractivity contribution in [2.75, 3.05) is 30.9 Å². The average Bonchev–Trinajstić information content (AvgIpc) is 2.57. The van der Waals surface area contributed by atoms with E-state index in [1.54, 1.807) is 0 Å². The van der Waals surface area contributed by atoms with Gasteiger partial charge in [0.1, 0.15) is 5.69 Å². The lowest BCUT2D eigenvalue weighted by atomic mass is 10.1. The quantitative estimate of drug-likeness (QED) is 0.402. The fourth-order valence-corrected chi connectivity index (χ4v) is 1.93. The van der Waals surface area contributed by atoms with Crippen LogP contribution in [0.3, 0.4) is 0 Å². The van der Waals surface area contributed by atoms with Crippen LogP contribution in [-0.4, -0.2) is 41.2 Å². The van der Waals surface area contributed by atoms with E-state index in [0.717, 1.165) is 6.07 Å². The molecule has 1 aromatic carbocycles. The van der Waals surface area contributed by atoms with Gasteiger partial charge in [-0.2, -0.15) is 0 Å². The first-order chi connectivity index (χ1) is 11.5. The summed E-state index contributed by atoms with van der Waals surface area (Å²) in [5, 5.41) is 26.1. The number of hydrogen-bond donors (Lipinski definition) is 3. The topological polar surface area (TPSA) is 127 Å². The molecule has 0 fully saturated rings. The normalized spacial score (nSPS) is 10.2. The van der Waals surface area contributed by atoms with Crippen molar-refractivity contribution in [2.24, 2.45) is 0 Å². The fraction of sp³-hybridized carbons (Fsp3) is 0.200. The molecule has 0 aliphatic rings. The summed E-state index contributed by atoms with van der Waals surface area (Å²) in [5.41, 5.74) is 0.127. The van der Waals surface area contributed by atoms with E-state index in [0.29, 0.717) is 13.2 Å². The maximum atomic E-state index is 12.2. The van der Waals surface area contributed by atoms with E-state index in [4.69, 9.17) is 4.74 Å². The van der Waals surface area contributed by atoms with Crippen molar-refractivity contribution in [3.8, 4) is 5.75 Å². The molecule has 0 saturated carbocycles. The maximum absolute atomic E-state index is 12.2. The van der Waals surface area contributed by atoms with Crippen molar-refractivity contribution in [3.05, 3.63) is 52.2 Å². The van der Waals surface area contributed by atoms with E-state index < -0.39 is 10.8 Å². The summed E-state index contributed by atoms with van der Waals surface area (Å²) < 4.78 is 4.88. The zero-order valence-electron chi connectivity index (χ0n) is 12.9. The maximum Gasteiger partial charge on any atom is 0.293 e. The second kappa shape index (κ2) is 7.88. The SMILES string of the molecule is COCCNc1ccc(C(=O)Nc2ncccc2O)cc1[N+](=O)[O-]. The molecule has 3 N–H and O–H groups in total. The number of carbonyl (C=O) groups is 1. The Morgan fingerprint density at radius 1 is 1.42 bits per heavy atom.